The van der Waals surface area contributed by atoms with Crippen LogP contribution in [0.5, 0.6) is 34.5 Å². The summed E-state index contributed by atoms with van der Waals surface area (Å²) in [6.07, 6.45) is 1.37. The highest BCUT2D eigenvalue weighted by atomic mass is 16.6. The fourth-order valence-corrected chi connectivity index (χ4v) is 5.36. The third-order valence-electron chi connectivity index (χ3n) is 7.59. The average molecular weight is 677 g/mol. The van der Waals surface area contributed by atoms with Crippen LogP contribution in [0.25, 0.3) is 0 Å². The molecule has 1 aliphatic heterocycles. The quantitative estimate of drug-likeness (QED) is 0.202. The predicted molar refractivity (Wildman–Crippen MR) is 184 cm³/mol. The molecule has 49 heavy (non-hydrogen) atoms. The first kappa shape index (κ1) is 36.4. The van der Waals surface area contributed by atoms with Crippen molar-refractivity contribution in [1.29, 1.82) is 0 Å². The minimum Gasteiger partial charge on any atom is -0.495 e. The molecule has 3 aromatic carbocycles. The van der Waals surface area contributed by atoms with Gasteiger partial charge in [0.15, 0.2) is 17.3 Å². The molecule has 2 unspecified atom stereocenters. The summed E-state index contributed by atoms with van der Waals surface area (Å²) in [5.41, 5.74) is 1.39. The van der Waals surface area contributed by atoms with Crippen LogP contribution >= 0.6 is 0 Å². The van der Waals surface area contributed by atoms with E-state index in [0.29, 0.717) is 47.5 Å². The molecule has 0 radical (unpaired) electrons. The van der Waals surface area contributed by atoms with E-state index >= 15 is 0 Å². The summed E-state index contributed by atoms with van der Waals surface area (Å²) in [6.45, 7) is 9.35. The number of benzene rings is 3. The third-order valence-corrected chi connectivity index (χ3v) is 7.59. The van der Waals surface area contributed by atoms with Crippen molar-refractivity contribution in [2.75, 3.05) is 47.0 Å². The number of carbonyl (C=O) groups is 3. The van der Waals surface area contributed by atoms with Crippen LogP contribution in [-0.4, -0.2) is 71.1 Å². The van der Waals surface area contributed by atoms with Gasteiger partial charge >= 0.3 is 6.09 Å². The Bertz CT molecular complexity index is 1660. The molecule has 0 aliphatic carbocycles. The number of nitrogens with one attached hydrogen (secondary N) is 2. The molecular weight excluding hydrogens is 632 g/mol. The van der Waals surface area contributed by atoms with E-state index in [4.69, 9.17) is 33.2 Å². The molecule has 0 aromatic heterocycles. The largest absolute Gasteiger partial charge is 0.495 e. The summed E-state index contributed by atoms with van der Waals surface area (Å²) >= 11 is 0. The van der Waals surface area contributed by atoms with E-state index in [1.165, 1.54) is 28.4 Å². The van der Waals surface area contributed by atoms with Crippen LogP contribution in [-0.2, 0) is 22.4 Å². The standard InChI is InChI=1S/C37H44N2O10/c1-9-16-47-25-13-10-22(11-14-25)18-27(39-36(42)49-37(2,3)4)35(41)38-26-19-23(12-15-28(26)43-5)17-24-21-48-29-20-30(44-6)33(45-7)34(46-8)31(29)32(24)40/h9-15,19-20,24,27H,1,16-18,21H2,2-8H3,(H,38,41)(H,39,42). The van der Waals surface area contributed by atoms with Crippen molar-refractivity contribution in [2.24, 2.45) is 5.92 Å². The highest BCUT2D eigenvalue weighted by Crippen LogP contribution is 2.47. The molecule has 2 amide bonds. The molecular formula is C37H44N2O10. The maximum atomic E-state index is 13.8. The Morgan fingerprint density at radius 3 is 2.22 bits per heavy atom. The van der Waals surface area contributed by atoms with Gasteiger partial charge in [0.25, 0.3) is 0 Å². The van der Waals surface area contributed by atoms with Gasteiger partial charge in [0.2, 0.25) is 11.7 Å². The van der Waals surface area contributed by atoms with Crippen molar-refractivity contribution in [3.05, 3.63) is 77.9 Å². The lowest BCUT2D eigenvalue weighted by atomic mass is 9.88. The maximum Gasteiger partial charge on any atom is 0.408 e. The van der Waals surface area contributed by atoms with Crippen molar-refractivity contribution in [2.45, 2.75) is 45.3 Å². The summed E-state index contributed by atoms with van der Waals surface area (Å²) < 4.78 is 39.0. The van der Waals surface area contributed by atoms with Crippen LogP contribution < -0.4 is 39.1 Å². The normalized spacial score (nSPS) is 14.3. The van der Waals surface area contributed by atoms with Crippen LogP contribution in [0.4, 0.5) is 10.5 Å². The zero-order valence-electron chi connectivity index (χ0n) is 29.0. The number of anilines is 1. The Hall–Kier alpha value is -5.39. The number of hydrogen-bond donors (Lipinski definition) is 2. The number of fused-ring (bicyclic) bond motifs is 1. The first-order valence-corrected chi connectivity index (χ1v) is 15.7. The van der Waals surface area contributed by atoms with Crippen molar-refractivity contribution < 1.29 is 47.5 Å². The Balaban J connectivity index is 1.57. The first-order chi connectivity index (χ1) is 23.4. The zero-order valence-corrected chi connectivity index (χ0v) is 29.0. The fourth-order valence-electron chi connectivity index (χ4n) is 5.36. The van der Waals surface area contributed by atoms with Crippen molar-refractivity contribution in [3.63, 3.8) is 0 Å². The molecule has 0 fully saturated rings. The Morgan fingerprint density at radius 2 is 1.61 bits per heavy atom. The molecule has 2 N–H and O–H groups in total. The van der Waals surface area contributed by atoms with Gasteiger partial charge in [0, 0.05) is 12.5 Å². The molecule has 1 heterocycles. The van der Waals surface area contributed by atoms with Gasteiger partial charge in [-0.15, -0.1) is 0 Å². The van der Waals surface area contributed by atoms with Gasteiger partial charge in [-0.25, -0.2) is 4.79 Å². The van der Waals surface area contributed by atoms with E-state index in [1.54, 1.807) is 57.2 Å². The molecule has 2 atom stereocenters. The van der Waals surface area contributed by atoms with Gasteiger partial charge in [-0.05, 0) is 62.6 Å². The highest BCUT2D eigenvalue weighted by Gasteiger charge is 2.35. The van der Waals surface area contributed by atoms with E-state index in [1.807, 2.05) is 18.2 Å². The summed E-state index contributed by atoms with van der Waals surface area (Å²) in [5.74, 6) is 1.07. The zero-order chi connectivity index (χ0) is 35.7. The molecule has 262 valence electrons. The van der Waals surface area contributed by atoms with Crippen molar-refractivity contribution >= 4 is 23.5 Å². The van der Waals surface area contributed by atoms with E-state index in [-0.39, 0.29) is 30.1 Å². The molecule has 0 spiro atoms. The molecule has 12 nitrogen and oxygen atoms in total. The molecule has 0 saturated carbocycles. The summed E-state index contributed by atoms with van der Waals surface area (Å²) in [7, 11) is 5.90. The van der Waals surface area contributed by atoms with E-state index in [2.05, 4.69) is 17.2 Å². The minimum absolute atomic E-state index is 0.123. The van der Waals surface area contributed by atoms with E-state index < -0.39 is 29.6 Å². The fraction of sp³-hybridized carbons (Fsp3) is 0.378. The first-order valence-electron chi connectivity index (χ1n) is 15.7. The SMILES string of the molecule is C=CCOc1ccc(CC(NC(=O)OC(C)(C)C)C(=O)Nc2cc(CC3COc4cc(OC)c(OC)c(OC)c4C3=O)ccc2OC)cc1. The van der Waals surface area contributed by atoms with Gasteiger partial charge in [0.05, 0.1) is 46.7 Å². The number of ketones is 1. The second-order valence-electron chi connectivity index (χ2n) is 12.3. The lowest BCUT2D eigenvalue weighted by Gasteiger charge is -2.27. The Kier molecular flexibility index (Phi) is 12.0. The lowest BCUT2D eigenvalue weighted by molar-refractivity contribution is -0.118. The Morgan fingerprint density at radius 1 is 0.939 bits per heavy atom. The monoisotopic (exact) mass is 676 g/mol. The van der Waals surface area contributed by atoms with Crippen LogP contribution in [0.3, 0.4) is 0 Å². The molecule has 3 aromatic rings. The average Bonchev–Trinajstić information content (AvgIpc) is 3.07. The van der Waals surface area contributed by atoms with Crippen LogP contribution in [0.2, 0.25) is 0 Å². The number of methoxy groups -OCH3 is 4. The number of carbonyl (C=O) groups excluding carboxylic acids is 3. The molecule has 0 bridgehead atoms. The summed E-state index contributed by atoms with van der Waals surface area (Å²) in [5, 5.41) is 5.60. The van der Waals surface area contributed by atoms with Crippen molar-refractivity contribution in [3.8, 4) is 34.5 Å². The second-order valence-corrected chi connectivity index (χ2v) is 12.3. The highest BCUT2D eigenvalue weighted by molar-refractivity contribution is 6.05. The van der Waals surface area contributed by atoms with Gasteiger partial charge in [-0.1, -0.05) is 30.9 Å². The van der Waals surface area contributed by atoms with Crippen LogP contribution in [0, 0.1) is 5.92 Å². The number of amides is 2. The third kappa shape index (κ3) is 9.16. The maximum absolute atomic E-state index is 13.8. The second kappa shape index (κ2) is 16.1. The number of rotatable bonds is 14. The molecule has 1 aliphatic rings. The lowest BCUT2D eigenvalue weighted by Crippen LogP contribution is -2.47. The predicted octanol–water partition coefficient (Wildman–Crippen LogP) is 5.79. The van der Waals surface area contributed by atoms with Gasteiger partial charge in [-0.2, -0.15) is 0 Å². The van der Waals surface area contributed by atoms with Crippen LogP contribution in [0.1, 0.15) is 42.3 Å². The number of hydrogen-bond acceptors (Lipinski definition) is 10. The number of Topliss-reactive ketones (excluding diaryl/α,β-unsaturated/α-hetero) is 1. The van der Waals surface area contributed by atoms with Gasteiger partial charge < -0.3 is 43.8 Å². The summed E-state index contributed by atoms with van der Waals surface area (Å²) in [6, 6.07) is 13.1. The molecule has 0 saturated heterocycles. The smallest absolute Gasteiger partial charge is 0.408 e. The molecule has 12 heteroatoms. The van der Waals surface area contributed by atoms with Crippen molar-refractivity contribution in [1.82, 2.24) is 5.32 Å². The molecule has 4 rings (SSSR count). The van der Waals surface area contributed by atoms with Gasteiger partial charge in [0.1, 0.15) is 41.1 Å². The Labute approximate surface area is 286 Å². The van der Waals surface area contributed by atoms with Gasteiger partial charge in [-0.3, -0.25) is 9.59 Å². The topological polar surface area (TPSA) is 140 Å². The summed E-state index contributed by atoms with van der Waals surface area (Å²) in [4.78, 5) is 40.4. The number of ether oxygens (including phenoxy) is 7. The van der Waals surface area contributed by atoms with E-state index in [9.17, 15) is 14.4 Å². The minimum atomic E-state index is -1.01. The number of alkyl carbamates (subject to hydrolysis) is 1. The van der Waals surface area contributed by atoms with Crippen LogP contribution in [0.15, 0.2) is 61.2 Å². The van der Waals surface area contributed by atoms with E-state index in [0.717, 1.165) is 11.1 Å².